The number of rotatable bonds is 3. The minimum Gasteiger partial charge on any atom is -0.387 e. The van der Waals surface area contributed by atoms with Gasteiger partial charge in [0.25, 0.3) is 11.8 Å². The number of carbonyl (C=O) groups excluding carboxylic acids is 2. The third-order valence-electron chi connectivity index (χ3n) is 5.75. The highest BCUT2D eigenvalue weighted by atomic mass is 16.4. The zero-order chi connectivity index (χ0) is 20.3. The van der Waals surface area contributed by atoms with E-state index in [4.69, 9.17) is 0 Å². The number of nitrogens with one attached hydrogen (secondary N) is 2. The predicted octanol–water partition coefficient (Wildman–Crippen LogP) is 1.38. The number of amides is 2. The van der Waals surface area contributed by atoms with E-state index in [1.54, 1.807) is 6.08 Å². The van der Waals surface area contributed by atoms with Gasteiger partial charge in [-0.15, -0.1) is 6.58 Å². The lowest BCUT2D eigenvalue weighted by Gasteiger charge is -2.38. The molecule has 0 bridgehead atoms. The SMILES string of the molecule is C=CC(C)(C)c1[nH]c2ccccc2c1/C=C1\NC(=O)[C@@]2(O)[C@H](O)CCN2C1=O. The summed E-state index contributed by atoms with van der Waals surface area (Å²) in [6, 6.07) is 7.70. The number of hydrogen-bond acceptors (Lipinski definition) is 4. The molecule has 4 rings (SSSR count). The van der Waals surface area contributed by atoms with E-state index in [2.05, 4.69) is 16.9 Å². The van der Waals surface area contributed by atoms with Gasteiger partial charge in [0.1, 0.15) is 11.8 Å². The second kappa shape index (κ2) is 6.05. The maximum absolute atomic E-state index is 12.9. The molecule has 146 valence electrons. The summed E-state index contributed by atoms with van der Waals surface area (Å²) in [4.78, 5) is 29.9. The zero-order valence-corrected chi connectivity index (χ0v) is 15.8. The van der Waals surface area contributed by atoms with Crippen molar-refractivity contribution in [2.75, 3.05) is 6.54 Å². The molecule has 4 N–H and O–H groups in total. The van der Waals surface area contributed by atoms with E-state index in [9.17, 15) is 19.8 Å². The number of para-hydroxylation sites is 1. The molecule has 7 heteroatoms. The molecule has 0 unspecified atom stereocenters. The molecule has 28 heavy (non-hydrogen) atoms. The quantitative estimate of drug-likeness (QED) is 0.476. The number of aliphatic hydroxyl groups is 2. The molecule has 3 heterocycles. The number of H-pyrrole nitrogens is 1. The van der Waals surface area contributed by atoms with Gasteiger partial charge < -0.3 is 20.5 Å². The molecule has 0 radical (unpaired) electrons. The minimum absolute atomic E-state index is 0.0645. The van der Waals surface area contributed by atoms with Crippen LogP contribution in [0.25, 0.3) is 17.0 Å². The number of allylic oxidation sites excluding steroid dienone is 1. The van der Waals surface area contributed by atoms with Crippen molar-refractivity contribution >= 4 is 28.8 Å². The smallest absolute Gasteiger partial charge is 0.280 e. The Kier molecular flexibility index (Phi) is 3.99. The molecule has 2 aliphatic heterocycles. The number of piperazine rings is 1. The normalized spacial score (nSPS) is 26.6. The standard InChI is InChI=1S/C21H23N3O4/c1-4-20(2,3)17-13(12-7-5-6-8-14(12)22-17)11-15-18(26)24-10-9-16(25)21(24,28)19(27)23-15/h4-8,11,16,22,25,28H,1,9-10H2,2-3H3,(H,23,27)/b15-11-/t16-,21+/m1/s1. The van der Waals surface area contributed by atoms with Crippen LogP contribution in [0.15, 0.2) is 42.6 Å². The monoisotopic (exact) mass is 381 g/mol. The average molecular weight is 381 g/mol. The van der Waals surface area contributed by atoms with E-state index in [0.29, 0.717) is 0 Å². The summed E-state index contributed by atoms with van der Waals surface area (Å²) in [6.07, 6.45) is 2.28. The van der Waals surface area contributed by atoms with Crippen molar-refractivity contribution in [3.63, 3.8) is 0 Å². The summed E-state index contributed by atoms with van der Waals surface area (Å²) in [7, 11) is 0. The molecular formula is C21H23N3O4. The highest BCUT2D eigenvalue weighted by molar-refractivity contribution is 6.10. The van der Waals surface area contributed by atoms with Crippen molar-refractivity contribution < 1.29 is 19.8 Å². The molecular weight excluding hydrogens is 358 g/mol. The van der Waals surface area contributed by atoms with Gasteiger partial charge in [-0.05, 0) is 18.6 Å². The van der Waals surface area contributed by atoms with Crippen molar-refractivity contribution in [1.29, 1.82) is 0 Å². The van der Waals surface area contributed by atoms with Crippen LogP contribution in [0, 0.1) is 0 Å². The van der Waals surface area contributed by atoms with Crippen LogP contribution in [-0.4, -0.2) is 50.3 Å². The highest BCUT2D eigenvalue weighted by Crippen LogP contribution is 2.36. The molecule has 2 atom stereocenters. The summed E-state index contributed by atoms with van der Waals surface area (Å²) in [5.74, 6) is -1.32. The number of aromatic amines is 1. The lowest BCUT2D eigenvalue weighted by Crippen LogP contribution is -2.67. The second-order valence-electron chi connectivity index (χ2n) is 7.88. The Bertz CT molecular complexity index is 1040. The summed E-state index contributed by atoms with van der Waals surface area (Å²) < 4.78 is 0. The molecule has 2 fully saturated rings. The van der Waals surface area contributed by atoms with Crippen LogP contribution >= 0.6 is 0 Å². The number of aliphatic hydroxyl groups excluding tert-OH is 1. The summed E-state index contributed by atoms with van der Waals surface area (Å²) in [5.41, 5.74) is -0.0123. The third kappa shape index (κ3) is 2.43. The van der Waals surface area contributed by atoms with Gasteiger partial charge in [0, 0.05) is 34.1 Å². The molecule has 1 aromatic heterocycles. The first-order valence-electron chi connectivity index (χ1n) is 9.20. The lowest BCUT2D eigenvalue weighted by atomic mass is 9.86. The number of nitrogens with zero attached hydrogens (tertiary/aromatic N) is 1. The van der Waals surface area contributed by atoms with Crippen LogP contribution in [-0.2, 0) is 15.0 Å². The molecule has 2 aliphatic rings. The van der Waals surface area contributed by atoms with E-state index >= 15 is 0 Å². The summed E-state index contributed by atoms with van der Waals surface area (Å²) in [5, 5.41) is 23.9. The van der Waals surface area contributed by atoms with Crippen molar-refractivity contribution in [3.8, 4) is 0 Å². The topological polar surface area (TPSA) is 106 Å². The van der Waals surface area contributed by atoms with Crippen LogP contribution in [0.2, 0.25) is 0 Å². The summed E-state index contributed by atoms with van der Waals surface area (Å²) in [6.45, 7) is 8.03. The van der Waals surface area contributed by atoms with Gasteiger partial charge in [0.2, 0.25) is 5.72 Å². The Morgan fingerprint density at radius 1 is 1.32 bits per heavy atom. The van der Waals surface area contributed by atoms with Gasteiger partial charge >= 0.3 is 0 Å². The Labute approximate surface area is 162 Å². The van der Waals surface area contributed by atoms with Crippen LogP contribution in [0.1, 0.15) is 31.5 Å². The average Bonchev–Trinajstić information content (AvgIpc) is 3.19. The summed E-state index contributed by atoms with van der Waals surface area (Å²) >= 11 is 0. The van der Waals surface area contributed by atoms with E-state index in [1.807, 2.05) is 44.2 Å². The number of hydrogen-bond donors (Lipinski definition) is 4. The molecule has 7 nitrogen and oxygen atoms in total. The molecule has 2 saturated heterocycles. The maximum atomic E-state index is 12.9. The van der Waals surface area contributed by atoms with Crippen LogP contribution in [0.3, 0.4) is 0 Å². The van der Waals surface area contributed by atoms with E-state index in [-0.39, 0.29) is 18.7 Å². The third-order valence-corrected chi connectivity index (χ3v) is 5.75. The van der Waals surface area contributed by atoms with Crippen molar-refractivity contribution in [2.45, 2.75) is 37.5 Å². The van der Waals surface area contributed by atoms with Crippen molar-refractivity contribution in [2.24, 2.45) is 0 Å². The Morgan fingerprint density at radius 2 is 2.04 bits per heavy atom. The van der Waals surface area contributed by atoms with Gasteiger partial charge in [0.05, 0.1) is 0 Å². The first-order valence-corrected chi connectivity index (χ1v) is 9.20. The molecule has 0 saturated carbocycles. The first kappa shape index (κ1) is 18.5. The van der Waals surface area contributed by atoms with Gasteiger partial charge in [-0.3, -0.25) is 14.5 Å². The molecule has 1 aromatic carbocycles. The van der Waals surface area contributed by atoms with Crippen molar-refractivity contribution in [3.05, 3.63) is 53.9 Å². The second-order valence-corrected chi connectivity index (χ2v) is 7.88. The Hall–Kier alpha value is -2.90. The van der Waals surface area contributed by atoms with Gasteiger partial charge in [-0.25, -0.2) is 0 Å². The fraction of sp³-hybridized carbons (Fsp3) is 0.333. The van der Waals surface area contributed by atoms with Crippen LogP contribution in [0.5, 0.6) is 0 Å². The van der Waals surface area contributed by atoms with Gasteiger partial charge in [-0.1, -0.05) is 38.1 Å². The van der Waals surface area contributed by atoms with E-state index in [1.165, 1.54) is 0 Å². The van der Waals surface area contributed by atoms with Crippen LogP contribution < -0.4 is 5.32 Å². The largest absolute Gasteiger partial charge is 0.387 e. The molecule has 2 amide bonds. The predicted molar refractivity (Wildman–Crippen MR) is 105 cm³/mol. The fourth-order valence-electron chi connectivity index (χ4n) is 3.91. The maximum Gasteiger partial charge on any atom is 0.280 e. The van der Waals surface area contributed by atoms with E-state index in [0.717, 1.165) is 27.1 Å². The van der Waals surface area contributed by atoms with Crippen LogP contribution in [0.4, 0.5) is 0 Å². The zero-order valence-electron chi connectivity index (χ0n) is 15.8. The first-order chi connectivity index (χ1) is 13.2. The molecule has 0 aliphatic carbocycles. The molecule has 2 aromatic rings. The highest BCUT2D eigenvalue weighted by Gasteiger charge is 2.58. The van der Waals surface area contributed by atoms with Gasteiger partial charge in [-0.2, -0.15) is 0 Å². The van der Waals surface area contributed by atoms with E-state index < -0.39 is 29.1 Å². The Balaban J connectivity index is 1.87. The molecule has 0 spiro atoms. The number of carbonyl (C=O) groups is 2. The van der Waals surface area contributed by atoms with Crippen molar-refractivity contribution in [1.82, 2.24) is 15.2 Å². The number of benzene rings is 1. The van der Waals surface area contributed by atoms with Gasteiger partial charge in [0.15, 0.2) is 0 Å². The Morgan fingerprint density at radius 3 is 2.75 bits per heavy atom. The number of fused-ring (bicyclic) bond motifs is 2. The fourth-order valence-corrected chi connectivity index (χ4v) is 3.91. The number of aromatic nitrogens is 1. The minimum atomic E-state index is -2.21. The lowest BCUT2D eigenvalue weighted by molar-refractivity contribution is -0.185.